The van der Waals surface area contributed by atoms with Gasteiger partial charge in [-0.3, -0.25) is 10.1 Å². The predicted octanol–water partition coefficient (Wildman–Crippen LogP) is 2.48. The quantitative estimate of drug-likeness (QED) is 0.361. The second-order valence-electron chi connectivity index (χ2n) is 3.94. The van der Waals surface area contributed by atoms with Gasteiger partial charge in [0.05, 0.1) is 0 Å². The highest BCUT2D eigenvalue weighted by molar-refractivity contribution is 5.69. The molecular formula is C12H14O4. The molecule has 86 valence electrons. The zero-order valence-corrected chi connectivity index (χ0v) is 9.10. The van der Waals surface area contributed by atoms with Crippen LogP contribution in [0.15, 0.2) is 18.2 Å². The van der Waals surface area contributed by atoms with Crippen molar-refractivity contribution in [3.63, 3.8) is 0 Å². The van der Waals surface area contributed by atoms with Crippen molar-refractivity contribution >= 4 is 5.97 Å². The third-order valence-corrected chi connectivity index (χ3v) is 2.77. The van der Waals surface area contributed by atoms with Crippen molar-refractivity contribution in [1.82, 2.24) is 0 Å². The molecule has 0 radical (unpaired) electrons. The van der Waals surface area contributed by atoms with Crippen LogP contribution in [0, 0.1) is 0 Å². The molecule has 0 bridgehead atoms. The van der Waals surface area contributed by atoms with Crippen LogP contribution < -0.4 is 4.74 Å². The van der Waals surface area contributed by atoms with E-state index in [0.717, 1.165) is 30.4 Å². The van der Waals surface area contributed by atoms with Gasteiger partial charge < -0.3 is 4.74 Å². The van der Waals surface area contributed by atoms with E-state index in [4.69, 9.17) is 9.99 Å². The van der Waals surface area contributed by atoms with Crippen molar-refractivity contribution in [2.75, 3.05) is 0 Å². The van der Waals surface area contributed by atoms with Gasteiger partial charge in [-0.1, -0.05) is 6.07 Å². The summed E-state index contributed by atoms with van der Waals surface area (Å²) in [5.41, 5.74) is 2.05. The molecule has 0 spiro atoms. The van der Waals surface area contributed by atoms with E-state index in [1.54, 1.807) is 12.1 Å². The van der Waals surface area contributed by atoms with E-state index in [-0.39, 0.29) is 12.1 Å². The van der Waals surface area contributed by atoms with Crippen LogP contribution in [0.5, 0.6) is 5.75 Å². The average Bonchev–Trinajstić information content (AvgIpc) is 2.27. The number of hydrogen-bond acceptors (Lipinski definition) is 4. The lowest BCUT2D eigenvalue weighted by atomic mass is 9.89. The second-order valence-corrected chi connectivity index (χ2v) is 3.94. The van der Waals surface area contributed by atoms with E-state index >= 15 is 0 Å². The molecular weight excluding hydrogens is 208 g/mol. The number of rotatable bonds is 2. The molecule has 2 rings (SSSR count). The minimum absolute atomic E-state index is 0.306. The number of carbonyl (C=O) groups is 1. The Morgan fingerprint density at radius 1 is 1.50 bits per heavy atom. The van der Waals surface area contributed by atoms with Crippen molar-refractivity contribution in [2.45, 2.75) is 32.3 Å². The average molecular weight is 222 g/mol. The van der Waals surface area contributed by atoms with Gasteiger partial charge in [0.15, 0.2) is 0 Å². The number of aryl methyl sites for hydroxylation is 1. The maximum absolute atomic E-state index is 10.8. The van der Waals surface area contributed by atoms with Crippen LogP contribution in [0.25, 0.3) is 0 Å². The molecule has 16 heavy (non-hydrogen) atoms. The zero-order valence-electron chi connectivity index (χ0n) is 9.10. The van der Waals surface area contributed by atoms with E-state index in [2.05, 4.69) is 4.89 Å². The van der Waals surface area contributed by atoms with Crippen LogP contribution in [0.4, 0.5) is 0 Å². The fourth-order valence-electron chi connectivity index (χ4n) is 2.07. The van der Waals surface area contributed by atoms with Crippen LogP contribution in [-0.2, 0) is 16.1 Å². The standard InChI is InChI=1S/C12H14O4/c1-8(13)15-10-6-5-9-3-2-4-12(16-14)11(9)7-10/h5-7,12,14H,2-4H2,1H3. The zero-order chi connectivity index (χ0) is 11.5. The SMILES string of the molecule is CC(=O)Oc1ccc2c(c1)C(OO)CCC2. The first-order chi connectivity index (χ1) is 7.70. The van der Waals surface area contributed by atoms with Crippen molar-refractivity contribution in [2.24, 2.45) is 0 Å². The molecule has 1 aliphatic carbocycles. The van der Waals surface area contributed by atoms with Crippen molar-refractivity contribution in [3.05, 3.63) is 29.3 Å². The summed E-state index contributed by atoms with van der Waals surface area (Å²) in [6.07, 6.45) is 2.44. The van der Waals surface area contributed by atoms with Crippen LogP contribution >= 0.6 is 0 Å². The Labute approximate surface area is 93.7 Å². The van der Waals surface area contributed by atoms with Crippen LogP contribution in [0.3, 0.4) is 0 Å². The minimum atomic E-state index is -0.350. The molecule has 0 saturated carbocycles. The molecule has 4 nitrogen and oxygen atoms in total. The lowest BCUT2D eigenvalue weighted by molar-refractivity contribution is -0.284. The smallest absolute Gasteiger partial charge is 0.308 e. The number of benzene rings is 1. The van der Waals surface area contributed by atoms with Gasteiger partial charge in [-0.25, -0.2) is 4.89 Å². The van der Waals surface area contributed by atoms with Crippen molar-refractivity contribution < 1.29 is 19.7 Å². The van der Waals surface area contributed by atoms with Gasteiger partial charge in [-0.2, -0.15) is 0 Å². The molecule has 1 aromatic rings. The number of carbonyl (C=O) groups excluding carboxylic acids is 1. The van der Waals surface area contributed by atoms with Crippen LogP contribution in [0.2, 0.25) is 0 Å². The molecule has 1 aliphatic rings. The van der Waals surface area contributed by atoms with Gasteiger partial charge in [0, 0.05) is 6.92 Å². The number of fused-ring (bicyclic) bond motifs is 1. The maximum Gasteiger partial charge on any atom is 0.308 e. The first kappa shape index (κ1) is 11.1. The highest BCUT2D eigenvalue weighted by Gasteiger charge is 2.21. The highest BCUT2D eigenvalue weighted by atomic mass is 17.1. The third-order valence-electron chi connectivity index (χ3n) is 2.77. The summed E-state index contributed by atoms with van der Waals surface area (Å²) in [5.74, 6) is 0.146. The molecule has 1 N–H and O–H groups in total. The predicted molar refractivity (Wildman–Crippen MR) is 57.1 cm³/mol. The lowest BCUT2D eigenvalue weighted by Gasteiger charge is -2.23. The summed E-state index contributed by atoms with van der Waals surface area (Å²) in [6, 6.07) is 5.44. The molecule has 1 atom stereocenters. The Bertz CT molecular complexity index is 400. The van der Waals surface area contributed by atoms with Gasteiger partial charge >= 0.3 is 5.97 Å². The Morgan fingerprint density at radius 2 is 2.31 bits per heavy atom. The molecule has 1 aromatic carbocycles. The lowest BCUT2D eigenvalue weighted by Crippen LogP contribution is -2.12. The van der Waals surface area contributed by atoms with Crippen molar-refractivity contribution in [3.8, 4) is 5.75 Å². The molecule has 0 aromatic heterocycles. The summed E-state index contributed by atoms with van der Waals surface area (Å²) in [4.78, 5) is 15.3. The largest absolute Gasteiger partial charge is 0.427 e. The van der Waals surface area contributed by atoms with E-state index in [9.17, 15) is 4.79 Å². The Kier molecular flexibility index (Phi) is 3.22. The van der Waals surface area contributed by atoms with E-state index in [1.165, 1.54) is 6.92 Å². The fraction of sp³-hybridized carbons (Fsp3) is 0.417. The number of hydrogen-bond donors (Lipinski definition) is 1. The maximum atomic E-state index is 10.8. The highest BCUT2D eigenvalue weighted by Crippen LogP contribution is 2.34. The summed E-state index contributed by atoms with van der Waals surface area (Å²) < 4.78 is 5.00. The molecule has 0 saturated heterocycles. The van der Waals surface area contributed by atoms with Gasteiger partial charge in [0.2, 0.25) is 0 Å². The molecule has 0 aliphatic heterocycles. The Morgan fingerprint density at radius 3 is 3.00 bits per heavy atom. The first-order valence-electron chi connectivity index (χ1n) is 5.32. The summed E-state index contributed by atoms with van der Waals surface area (Å²) in [5, 5.41) is 8.80. The van der Waals surface area contributed by atoms with Gasteiger partial charge in [0.1, 0.15) is 11.9 Å². The molecule has 1 unspecified atom stereocenters. The third kappa shape index (κ3) is 2.23. The van der Waals surface area contributed by atoms with E-state index in [0.29, 0.717) is 5.75 Å². The number of esters is 1. The van der Waals surface area contributed by atoms with Crippen LogP contribution in [-0.4, -0.2) is 11.2 Å². The van der Waals surface area contributed by atoms with Gasteiger partial charge in [0.25, 0.3) is 0 Å². The minimum Gasteiger partial charge on any atom is -0.427 e. The van der Waals surface area contributed by atoms with Gasteiger partial charge in [-0.05, 0) is 42.5 Å². The second kappa shape index (κ2) is 4.63. The topological polar surface area (TPSA) is 55.8 Å². The monoisotopic (exact) mass is 222 g/mol. The fourth-order valence-corrected chi connectivity index (χ4v) is 2.07. The summed E-state index contributed by atoms with van der Waals surface area (Å²) in [6.45, 7) is 1.36. The molecule has 0 fully saturated rings. The van der Waals surface area contributed by atoms with Gasteiger partial charge in [-0.15, -0.1) is 0 Å². The van der Waals surface area contributed by atoms with E-state index < -0.39 is 0 Å². The van der Waals surface area contributed by atoms with E-state index in [1.807, 2.05) is 6.07 Å². The molecule has 0 amide bonds. The normalized spacial score (nSPS) is 19.0. The molecule has 0 heterocycles. The Hall–Kier alpha value is -1.39. The first-order valence-corrected chi connectivity index (χ1v) is 5.32. The van der Waals surface area contributed by atoms with Crippen LogP contribution in [0.1, 0.15) is 37.0 Å². The summed E-state index contributed by atoms with van der Waals surface area (Å²) in [7, 11) is 0. The molecule has 4 heteroatoms. The Balaban J connectivity index is 2.31. The van der Waals surface area contributed by atoms with Crippen molar-refractivity contribution in [1.29, 1.82) is 0 Å². The number of ether oxygens (including phenoxy) is 1. The summed E-state index contributed by atoms with van der Waals surface area (Å²) >= 11 is 0.